The number of amides is 1. The van der Waals surface area contributed by atoms with Crippen molar-refractivity contribution in [2.24, 2.45) is 0 Å². The van der Waals surface area contributed by atoms with Gasteiger partial charge in [-0.3, -0.25) is 14.6 Å². The number of hydrogen-bond acceptors (Lipinski definition) is 6. The molecule has 2 unspecified atom stereocenters. The van der Waals surface area contributed by atoms with Crippen LogP contribution in [0.5, 0.6) is 5.75 Å². The fourth-order valence-electron chi connectivity index (χ4n) is 4.02. The van der Waals surface area contributed by atoms with Crippen LogP contribution in [-0.4, -0.2) is 52.5 Å². The zero-order valence-electron chi connectivity index (χ0n) is 16.8. The molecule has 3 heterocycles. The van der Waals surface area contributed by atoms with Crippen molar-refractivity contribution in [1.82, 2.24) is 9.88 Å². The molecule has 7 heteroatoms. The first-order valence-corrected chi connectivity index (χ1v) is 10.1. The van der Waals surface area contributed by atoms with Crippen LogP contribution in [0.1, 0.15) is 36.9 Å². The average molecular weight is 408 g/mol. The summed E-state index contributed by atoms with van der Waals surface area (Å²) in [7, 11) is 0. The van der Waals surface area contributed by atoms with E-state index >= 15 is 0 Å². The SMILES string of the molecule is CCOc1cccc(/C(O)=C2/C(=O)C(=O)N(CC3CCCO3)C2c2ccncc2)c1. The molecule has 0 saturated carbocycles. The van der Waals surface area contributed by atoms with Gasteiger partial charge in [0.25, 0.3) is 11.7 Å². The summed E-state index contributed by atoms with van der Waals surface area (Å²) in [6, 6.07) is 9.67. The van der Waals surface area contributed by atoms with Gasteiger partial charge in [0.15, 0.2) is 0 Å². The first-order valence-electron chi connectivity index (χ1n) is 10.1. The molecule has 0 spiro atoms. The fourth-order valence-corrected chi connectivity index (χ4v) is 4.02. The van der Waals surface area contributed by atoms with Crippen LogP contribution in [0.4, 0.5) is 0 Å². The summed E-state index contributed by atoms with van der Waals surface area (Å²) in [5.74, 6) is -0.967. The Hall–Kier alpha value is -3.19. The lowest BCUT2D eigenvalue weighted by Crippen LogP contribution is -2.36. The zero-order valence-corrected chi connectivity index (χ0v) is 16.8. The van der Waals surface area contributed by atoms with Crippen molar-refractivity contribution in [3.63, 3.8) is 0 Å². The van der Waals surface area contributed by atoms with E-state index in [-0.39, 0.29) is 17.4 Å². The molecule has 156 valence electrons. The molecule has 1 aromatic carbocycles. The number of likely N-dealkylation sites (tertiary alicyclic amines) is 1. The first kappa shape index (κ1) is 20.1. The molecular formula is C23H24N2O5. The average Bonchev–Trinajstić information content (AvgIpc) is 3.37. The molecule has 4 rings (SSSR count). The largest absolute Gasteiger partial charge is 0.507 e. The lowest BCUT2D eigenvalue weighted by molar-refractivity contribution is -0.140. The Morgan fingerprint density at radius 1 is 1.27 bits per heavy atom. The van der Waals surface area contributed by atoms with Crippen LogP contribution in [0.25, 0.3) is 5.76 Å². The minimum Gasteiger partial charge on any atom is -0.507 e. The van der Waals surface area contributed by atoms with Gasteiger partial charge in [0, 0.05) is 31.1 Å². The van der Waals surface area contributed by atoms with E-state index in [0.29, 0.717) is 36.6 Å². The van der Waals surface area contributed by atoms with Gasteiger partial charge >= 0.3 is 0 Å². The molecule has 2 aliphatic heterocycles. The van der Waals surface area contributed by atoms with Gasteiger partial charge in [-0.25, -0.2) is 0 Å². The van der Waals surface area contributed by atoms with E-state index in [0.717, 1.165) is 12.8 Å². The van der Waals surface area contributed by atoms with Crippen LogP contribution in [0.3, 0.4) is 0 Å². The molecule has 2 fully saturated rings. The Morgan fingerprint density at radius 3 is 2.77 bits per heavy atom. The van der Waals surface area contributed by atoms with E-state index < -0.39 is 17.7 Å². The number of hydrogen-bond donors (Lipinski definition) is 1. The normalized spacial score (nSPS) is 23.2. The lowest BCUT2D eigenvalue weighted by Gasteiger charge is -2.27. The third-order valence-electron chi connectivity index (χ3n) is 5.40. The van der Waals surface area contributed by atoms with Gasteiger partial charge in [-0.15, -0.1) is 0 Å². The molecule has 1 amide bonds. The number of ether oxygens (including phenoxy) is 2. The second-order valence-corrected chi connectivity index (χ2v) is 7.33. The lowest BCUT2D eigenvalue weighted by atomic mass is 9.95. The van der Waals surface area contributed by atoms with Gasteiger partial charge in [-0.1, -0.05) is 12.1 Å². The van der Waals surface area contributed by atoms with Gasteiger partial charge in [0.1, 0.15) is 11.5 Å². The smallest absolute Gasteiger partial charge is 0.295 e. The molecule has 7 nitrogen and oxygen atoms in total. The molecular weight excluding hydrogens is 384 g/mol. The maximum absolute atomic E-state index is 13.0. The zero-order chi connectivity index (χ0) is 21.1. The highest BCUT2D eigenvalue weighted by atomic mass is 16.5. The minimum absolute atomic E-state index is 0.0674. The van der Waals surface area contributed by atoms with Crippen LogP contribution in [0, 0.1) is 0 Å². The highest BCUT2D eigenvalue weighted by Gasteiger charge is 2.47. The molecule has 0 aliphatic carbocycles. The van der Waals surface area contributed by atoms with Crippen LogP contribution < -0.4 is 4.74 Å². The second-order valence-electron chi connectivity index (χ2n) is 7.33. The van der Waals surface area contributed by atoms with Crippen molar-refractivity contribution < 1.29 is 24.2 Å². The summed E-state index contributed by atoms with van der Waals surface area (Å²) in [6.45, 7) is 3.30. The quantitative estimate of drug-likeness (QED) is 0.449. The van der Waals surface area contributed by atoms with Crippen LogP contribution in [-0.2, 0) is 14.3 Å². The molecule has 0 bridgehead atoms. The topological polar surface area (TPSA) is 89.0 Å². The number of carbonyl (C=O) groups is 2. The predicted octanol–water partition coefficient (Wildman–Crippen LogP) is 3.08. The van der Waals surface area contributed by atoms with Crippen molar-refractivity contribution in [3.05, 3.63) is 65.5 Å². The van der Waals surface area contributed by atoms with Gasteiger partial charge in [0.05, 0.1) is 24.3 Å². The summed E-state index contributed by atoms with van der Waals surface area (Å²) in [4.78, 5) is 31.5. The first-order chi connectivity index (χ1) is 14.6. The number of rotatable bonds is 6. The molecule has 2 aromatic rings. The number of ketones is 1. The Morgan fingerprint density at radius 2 is 2.07 bits per heavy atom. The Balaban J connectivity index is 1.79. The van der Waals surface area contributed by atoms with E-state index in [9.17, 15) is 14.7 Å². The number of carbonyl (C=O) groups excluding carboxylic acids is 2. The van der Waals surface area contributed by atoms with Crippen molar-refractivity contribution in [1.29, 1.82) is 0 Å². The van der Waals surface area contributed by atoms with Crippen LogP contribution >= 0.6 is 0 Å². The molecule has 1 N–H and O–H groups in total. The fraction of sp³-hybridized carbons (Fsp3) is 0.348. The van der Waals surface area contributed by atoms with Gasteiger partial charge in [-0.05, 0) is 49.6 Å². The van der Waals surface area contributed by atoms with Crippen LogP contribution in [0.2, 0.25) is 0 Å². The summed E-state index contributed by atoms with van der Waals surface area (Å²) in [5.41, 5.74) is 1.21. The number of aliphatic hydroxyl groups excluding tert-OH is 1. The number of aliphatic hydroxyl groups is 1. The van der Waals surface area contributed by atoms with Gasteiger partial charge in [-0.2, -0.15) is 0 Å². The summed E-state index contributed by atoms with van der Waals surface area (Å²) in [5, 5.41) is 11.1. The third kappa shape index (κ3) is 3.80. The third-order valence-corrected chi connectivity index (χ3v) is 5.40. The van der Waals surface area contributed by atoms with E-state index in [4.69, 9.17) is 9.47 Å². The van der Waals surface area contributed by atoms with E-state index in [1.807, 2.05) is 6.92 Å². The van der Waals surface area contributed by atoms with Crippen LogP contribution in [0.15, 0.2) is 54.4 Å². The number of benzene rings is 1. The van der Waals surface area contributed by atoms with Crippen molar-refractivity contribution in [3.8, 4) is 5.75 Å². The Bertz CT molecular complexity index is 967. The summed E-state index contributed by atoms with van der Waals surface area (Å²) < 4.78 is 11.2. The molecule has 30 heavy (non-hydrogen) atoms. The standard InChI is InChI=1S/C23H24N2O5/c1-2-29-17-6-3-5-16(13-17)21(26)19-20(15-8-10-24-11-9-15)25(23(28)22(19)27)14-18-7-4-12-30-18/h3,5-6,8-11,13,18,20,26H,2,4,7,12,14H2,1H3/b21-19-. The summed E-state index contributed by atoms with van der Waals surface area (Å²) >= 11 is 0. The number of aromatic nitrogens is 1. The number of Topliss-reactive ketones (excluding diaryl/α,β-unsaturated/α-hetero) is 1. The van der Waals surface area contributed by atoms with Crippen molar-refractivity contribution >= 4 is 17.4 Å². The molecule has 2 atom stereocenters. The highest BCUT2D eigenvalue weighted by Crippen LogP contribution is 2.40. The predicted molar refractivity (Wildman–Crippen MR) is 110 cm³/mol. The minimum atomic E-state index is -0.701. The number of pyridine rings is 1. The maximum Gasteiger partial charge on any atom is 0.295 e. The van der Waals surface area contributed by atoms with Gasteiger partial charge < -0.3 is 19.5 Å². The molecule has 0 radical (unpaired) electrons. The van der Waals surface area contributed by atoms with Crippen molar-refractivity contribution in [2.75, 3.05) is 19.8 Å². The van der Waals surface area contributed by atoms with E-state index in [1.54, 1.807) is 48.8 Å². The number of nitrogens with zero attached hydrogens (tertiary/aromatic N) is 2. The monoisotopic (exact) mass is 408 g/mol. The Labute approximate surface area is 174 Å². The summed E-state index contributed by atoms with van der Waals surface area (Å²) in [6.07, 6.45) is 4.87. The van der Waals surface area contributed by atoms with Gasteiger partial charge in [0.2, 0.25) is 0 Å². The molecule has 2 aliphatic rings. The van der Waals surface area contributed by atoms with Crippen molar-refractivity contribution in [2.45, 2.75) is 31.9 Å². The molecule has 2 saturated heterocycles. The highest BCUT2D eigenvalue weighted by molar-refractivity contribution is 6.46. The van der Waals surface area contributed by atoms with E-state index in [1.165, 1.54) is 4.90 Å². The Kier molecular flexibility index (Phi) is 5.81. The van der Waals surface area contributed by atoms with E-state index in [2.05, 4.69) is 4.98 Å². The second kappa shape index (κ2) is 8.67. The molecule has 1 aromatic heterocycles. The maximum atomic E-state index is 13.0.